The first-order valence-corrected chi connectivity index (χ1v) is 9.36. The van der Waals surface area contributed by atoms with Crippen molar-refractivity contribution < 1.29 is 18.8 Å². The van der Waals surface area contributed by atoms with Crippen LogP contribution in [0.1, 0.15) is 30.3 Å². The number of ether oxygens (including phenoxy) is 1. The van der Waals surface area contributed by atoms with Gasteiger partial charge in [0.2, 0.25) is 17.6 Å². The van der Waals surface area contributed by atoms with Gasteiger partial charge in [0.05, 0.1) is 19.6 Å². The monoisotopic (exact) mass is 385 g/mol. The Bertz CT molecular complexity index is 878. The number of aromatic nitrogens is 2. The first kappa shape index (κ1) is 18.8. The molecular formula is C19H19N3O4S. The van der Waals surface area contributed by atoms with Crippen molar-refractivity contribution in [2.24, 2.45) is 0 Å². The van der Waals surface area contributed by atoms with Crippen molar-refractivity contribution in [3.05, 3.63) is 58.6 Å². The summed E-state index contributed by atoms with van der Waals surface area (Å²) in [6, 6.07) is 10.8. The van der Waals surface area contributed by atoms with Gasteiger partial charge in [0.15, 0.2) is 0 Å². The summed E-state index contributed by atoms with van der Waals surface area (Å²) in [6.07, 6.45) is 0.563. The zero-order valence-corrected chi connectivity index (χ0v) is 15.6. The van der Waals surface area contributed by atoms with E-state index in [9.17, 15) is 9.59 Å². The third-order valence-corrected chi connectivity index (χ3v) is 4.63. The number of nitrogens with one attached hydrogen (secondary N) is 1. The number of amides is 1. The van der Waals surface area contributed by atoms with E-state index in [1.165, 1.54) is 7.11 Å². The number of hydrogen-bond acceptors (Lipinski definition) is 7. The first-order chi connectivity index (χ1) is 13.2. The molecule has 8 heteroatoms. The number of nitrogens with zero attached hydrogens (tertiary/aromatic N) is 2. The molecule has 0 saturated heterocycles. The molecule has 140 valence electrons. The maximum Gasteiger partial charge on any atom is 0.307 e. The Morgan fingerprint density at radius 3 is 2.78 bits per heavy atom. The highest BCUT2D eigenvalue weighted by atomic mass is 32.1. The Kier molecular flexibility index (Phi) is 6.32. The molecule has 0 radical (unpaired) electrons. The fraction of sp³-hybridized carbons (Fsp3) is 0.263. The quantitative estimate of drug-likeness (QED) is 0.599. The zero-order valence-electron chi connectivity index (χ0n) is 14.8. The minimum absolute atomic E-state index is 0.0646. The number of carbonyl (C=O) groups is 2. The molecule has 27 heavy (non-hydrogen) atoms. The van der Waals surface area contributed by atoms with Gasteiger partial charge in [-0.05, 0) is 17.0 Å². The van der Waals surface area contributed by atoms with Crippen LogP contribution in [0.2, 0.25) is 0 Å². The average Bonchev–Trinajstić information content (AvgIpc) is 3.38. The summed E-state index contributed by atoms with van der Waals surface area (Å²) < 4.78 is 9.93. The summed E-state index contributed by atoms with van der Waals surface area (Å²) in [4.78, 5) is 28.3. The number of carbonyl (C=O) groups excluding carboxylic acids is 2. The smallest absolute Gasteiger partial charge is 0.307 e. The van der Waals surface area contributed by atoms with E-state index in [4.69, 9.17) is 9.26 Å². The van der Waals surface area contributed by atoms with Crippen LogP contribution in [0.4, 0.5) is 0 Å². The molecule has 0 aliphatic rings. The summed E-state index contributed by atoms with van der Waals surface area (Å²) in [6.45, 7) is 0. The topological polar surface area (TPSA) is 94.3 Å². The van der Waals surface area contributed by atoms with Crippen molar-refractivity contribution >= 4 is 23.2 Å². The van der Waals surface area contributed by atoms with Gasteiger partial charge in [0.25, 0.3) is 0 Å². The molecule has 1 aromatic carbocycles. The molecular weight excluding hydrogens is 366 g/mol. The van der Waals surface area contributed by atoms with Crippen LogP contribution in [0.5, 0.6) is 0 Å². The molecule has 7 nitrogen and oxygen atoms in total. The number of thiophene rings is 1. The van der Waals surface area contributed by atoms with Gasteiger partial charge >= 0.3 is 5.97 Å². The van der Waals surface area contributed by atoms with E-state index in [0.717, 1.165) is 11.1 Å². The second-order valence-electron chi connectivity index (χ2n) is 5.83. The highest BCUT2D eigenvalue weighted by Crippen LogP contribution is 2.20. The maximum absolute atomic E-state index is 12.4. The van der Waals surface area contributed by atoms with E-state index < -0.39 is 6.04 Å². The number of hydrogen-bond donors (Lipinski definition) is 1. The largest absolute Gasteiger partial charge is 0.469 e. The lowest BCUT2D eigenvalue weighted by Crippen LogP contribution is -2.30. The lowest BCUT2D eigenvalue weighted by molar-refractivity contribution is -0.141. The molecule has 0 fully saturated rings. The molecule has 1 unspecified atom stereocenters. The highest BCUT2D eigenvalue weighted by molar-refractivity contribution is 7.08. The number of methoxy groups -OCH3 is 1. The second-order valence-corrected chi connectivity index (χ2v) is 6.61. The lowest BCUT2D eigenvalue weighted by Gasteiger charge is -2.18. The molecule has 0 aliphatic carbocycles. The number of esters is 1. The van der Waals surface area contributed by atoms with Gasteiger partial charge in [-0.2, -0.15) is 16.3 Å². The lowest BCUT2D eigenvalue weighted by atomic mass is 10.0. The summed E-state index contributed by atoms with van der Waals surface area (Å²) in [5, 5.41) is 10.7. The van der Waals surface area contributed by atoms with E-state index in [-0.39, 0.29) is 24.7 Å². The van der Waals surface area contributed by atoms with Crippen molar-refractivity contribution in [1.29, 1.82) is 0 Å². The molecule has 1 amide bonds. The second kappa shape index (κ2) is 9.09. The third-order valence-electron chi connectivity index (χ3n) is 3.95. The predicted molar refractivity (Wildman–Crippen MR) is 99.9 cm³/mol. The molecule has 0 bridgehead atoms. The van der Waals surface area contributed by atoms with Crippen molar-refractivity contribution in [3.63, 3.8) is 0 Å². The van der Waals surface area contributed by atoms with Gasteiger partial charge < -0.3 is 14.6 Å². The van der Waals surface area contributed by atoms with Crippen LogP contribution in [-0.2, 0) is 20.7 Å². The van der Waals surface area contributed by atoms with Crippen LogP contribution in [0.25, 0.3) is 11.4 Å². The van der Waals surface area contributed by atoms with Gasteiger partial charge in [0.1, 0.15) is 0 Å². The van der Waals surface area contributed by atoms with Crippen molar-refractivity contribution in [1.82, 2.24) is 15.5 Å². The first-order valence-electron chi connectivity index (χ1n) is 8.42. The van der Waals surface area contributed by atoms with Crippen LogP contribution in [0.15, 0.2) is 51.7 Å². The van der Waals surface area contributed by atoms with Crippen LogP contribution >= 0.6 is 11.3 Å². The van der Waals surface area contributed by atoms with Gasteiger partial charge in [-0.3, -0.25) is 9.59 Å². The molecule has 3 rings (SSSR count). The number of aryl methyl sites for hydroxylation is 1. The number of rotatable bonds is 8. The predicted octanol–water partition coefficient (Wildman–Crippen LogP) is 3.15. The fourth-order valence-corrected chi connectivity index (χ4v) is 3.17. The Balaban J connectivity index is 1.58. The van der Waals surface area contributed by atoms with Crippen LogP contribution < -0.4 is 5.32 Å². The number of benzene rings is 1. The van der Waals surface area contributed by atoms with Gasteiger partial charge in [-0.15, -0.1) is 0 Å². The Morgan fingerprint density at radius 1 is 1.26 bits per heavy atom. The third kappa shape index (κ3) is 5.24. The molecule has 2 heterocycles. The van der Waals surface area contributed by atoms with E-state index >= 15 is 0 Å². The summed E-state index contributed by atoms with van der Waals surface area (Å²) >= 11 is 1.55. The van der Waals surface area contributed by atoms with Crippen molar-refractivity contribution in [3.8, 4) is 11.4 Å². The molecule has 0 spiro atoms. The summed E-state index contributed by atoms with van der Waals surface area (Å²) in [5.74, 6) is 0.319. The van der Waals surface area contributed by atoms with Crippen LogP contribution in [-0.4, -0.2) is 29.1 Å². The van der Waals surface area contributed by atoms with Gasteiger partial charge in [-0.1, -0.05) is 35.5 Å². The minimum Gasteiger partial charge on any atom is -0.469 e. The molecule has 0 aliphatic heterocycles. The zero-order chi connectivity index (χ0) is 19.1. The Hall–Kier alpha value is -3.00. The maximum atomic E-state index is 12.4. The molecule has 0 saturated carbocycles. The molecule has 1 N–H and O–H groups in total. The standard InChI is InChI=1S/C19H19N3O4S/c1-25-18(24)11-15(13-5-3-2-4-6-13)20-16(23)7-8-17-21-19(22-26-17)14-9-10-27-12-14/h2-6,9-10,12,15H,7-8,11H2,1H3,(H,20,23). The van der Waals surface area contributed by atoms with Gasteiger partial charge in [-0.25, -0.2) is 0 Å². The normalized spacial score (nSPS) is 11.7. The van der Waals surface area contributed by atoms with Crippen LogP contribution in [0.3, 0.4) is 0 Å². The van der Waals surface area contributed by atoms with Crippen molar-refractivity contribution in [2.45, 2.75) is 25.3 Å². The molecule has 1 atom stereocenters. The minimum atomic E-state index is -0.449. The van der Waals surface area contributed by atoms with E-state index in [2.05, 4.69) is 15.5 Å². The molecule has 3 aromatic rings. The van der Waals surface area contributed by atoms with Crippen LogP contribution in [0, 0.1) is 0 Å². The van der Waals surface area contributed by atoms with E-state index in [0.29, 0.717) is 18.1 Å². The SMILES string of the molecule is COC(=O)CC(NC(=O)CCc1nc(-c2ccsc2)no1)c1ccccc1. The fourth-order valence-electron chi connectivity index (χ4n) is 2.54. The van der Waals surface area contributed by atoms with Crippen molar-refractivity contribution in [2.75, 3.05) is 7.11 Å². The molecule has 2 aromatic heterocycles. The summed E-state index contributed by atoms with van der Waals surface area (Å²) in [7, 11) is 1.33. The summed E-state index contributed by atoms with van der Waals surface area (Å²) in [5.41, 5.74) is 1.73. The highest BCUT2D eigenvalue weighted by Gasteiger charge is 2.19. The Morgan fingerprint density at radius 2 is 2.07 bits per heavy atom. The Labute approximate surface area is 160 Å². The average molecular weight is 385 g/mol. The van der Waals surface area contributed by atoms with E-state index in [1.807, 2.05) is 47.2 Å². The van der Waals surface area contributed by atoms with E-state index in [1.54, 1.807) is 11.3 Å². The van der Waals surface area contributed by atoms with Gasteiger partial charge in [0, 0.05) is 23.8 Å².